The van der Waals surface area contributed by atoms with Crippen LogP contribution in [0.2, 0.25) is 0 Å². The molecule has 1 aliphatic rings. The Bertz CT molecular complexity index is 184. The fraction of sp³-hybridized carbons (Fsp3) is 0.875. The van der Waals surface area contributed by atoms with Crippen molar-refractivity contribution in [1.82, 2.24) is 0 Å². The van der Waals surface area contributed by atoms with Gasteiger partial charge in [0.2, 0.25) is 5.91 Å². The number of aliphatic hydroxyl groups is 1. The Hall–Kier alpha value is -0.610. The third-order valence-electron chi connectivity index (χ3n) is 2.36. The van der Waals surface area contributed by atoms with E-state index in [2.05, 4.69) is 0 Å². The lowest BCUT2D eigenvalue weighted by Gasteiger charge is -2.34. The predicted molar refractivity (Wildman–Crippen MR) is 45.2 cm³/mol. The van der Waals surface area contributed by atoms with Crippen molar-refractivity contribution < 1.29 is 9.90 Å². The van der Waals surface area contributed by atoms with Crippen LogP contribution in [-0.4, -0.2) is 22.7 Å². The summed E-state index contributed by atoms with van der Waals surface area (Å²) in [6, 6.07) is 0.0168. The predicted octanol–water partition coefficient (Wildman–Crippen LogP) is -0.506. The Morgan fingerprint density at radius 1 is 1.67 bits per heavy atom. The van der Waals surface area contributed by atoms with E-state index in [0.717, 1.165) is 12.8 Å². The molecule has 0 aliphatic heterocycles. The van der Waals surface area contributed by atoms with Crippen molar-refractivity contribution in [3.63, 3.8) is 0 Å². The van der Waals surface area contributed by atoms with Gasteiger partial charge in [-0.05, 0) is 25.7 Å². The standard InChI is InChI=1S/C8H16N2O2/c9-6-2-1-3-8(12,4-6)5-7(10)11/h6,12H,1-5,9H2,(H2,10,11). The minimum atomic E-state index is -0.927. The summed E-state index contributed by atoms with van der Waals surface area (Å²) < 4.78 is 0. The summed E-state index contributed by atoms with van der Waals surface area (Å²) in [7, 11) is 0. The molecule has 70 valence electrons. The highest BCUT2D eigenvalue weighted by atomic mass is 16.3. The average Bonchev–Trinajstić information content (AvgIpc) is 1.82. The summed E-state index contributed by atoms with van der Waals surface area (Å²) in [4.78, 5) is 10.6. The second kappa shape index (κ2) is 3.41. The third kappa shape index (κ3) is 2.46. The van der Waals surface area contributed by atoms with Crippen molar-refractivity contribution in [2.75, 3.05) is 0 Å². The topological polar surface area (TPSA) is 89.3 Å². The first kappa shape index (κ1) is 9.48. The van der Waals surface area contributed by atoms with Crippen LogP contribution in [0.3, 0.4) is 0 Å². The second-order valence-corrected chi connectivity index (χ2v) is 3.72. The summed E-state index contributed by atoms with van der Waals surface area (Å²) >= 11 is 0. The Morgan fingerprint density at radius 2 is 2.33 bits per heavy atom. The first-order valence-corrected chi connectivity index (χ1v) is 4.28. The minimum absolute atomic E-state index is 0.0168. The lowest BCUT2D eigenvalue weighted by atomic mass is 9.80. The van der Waals surface area contributed by atoms with Gasteiger partial charge in [-0.3, -0.25) is 4.79 Å². The normalized spacial score (nSPS) is 36.3. The molecular weight excluding hydrogens is 156 g/mol. The van der Waals surface area contributed by atoms with Gasteiger partial charge in [0.1, 0.15) is 0 Å². The van der Waals surface area contributed by atoms with Crippen LogP contribution >= 0.6 is 0 Å². The van der Waals surface area contributed by atoms with E-state index < -0.39 is 11.5 Å². The fourth-order valence-corrected chi connectivity index (χ4v) is 1.87. The van der Waals surface area contributed by atoms with Crippen LogP contribution in [0.1, 0.15) is 32.1 Å². The smallest absolute Gasteiger partial charge is 0.220 e. The van der Waals surface area contributed by atoms with E-state index in [4.69, 9.17) is 11.5 Å². The van der Waals surface area contributed by atoms with Crippen molar-refractivity contribution in [2.24, 2.45) is 11.5 Å². The molecule has 0 aromatic carbocycles. The maximum absolute atomic E-state index is 10.6. The highest BCUT2D eigenvalue weighted by molar-refractivity contribution is 5.74. The number of amides is 1. The first-order valence-electron chi connectivity index (χ1n) is 4.28. The van der Waals surface area contributed by atoms with Gasteiger partial charge in [0.15, 0.2) is 0 Å². The molecule has 0 aromatic rings. The summed E-state index contributed by atoms with van der Waals surface area (Å²) in [6.07, 6.45) is 2.99. The second-order valence-electron chi connectivity index (χ2n) is 3.72. The number of primary amides is 1. The van der Waals surface area contributed by atoms with Gasteiger partial charge in [0, 0.05) is 6.04 Å². The molecule has 2 unspecified atom stereocenters. The molecule has 0 spiro atoms. The number of hydrogen-bond acceptors (Lipinski definition) is 3. The van der Waals surface area contributed by atoms with E-state index >= 15 is 0 Å². The van der Waals surface area contributed by atoms with Crippen LogP contribution in [0.5, 0.6) is 0 Å². The van der Waals surface area contributed by atoms with E-state index in [0.29, 0.717) is 12.8 Å². The largest absolute Gasteiger partial charge is 0.389 e. The lowest BCUT2D eigenvalue weighted by Crippen LogP contribution is -2.43. The lowest BCUT2D eigenvalue weighted by molar-refractivity contribution is -0.124. The van der Waals surface area contributed by atoms with E-state index in [1.807, 2.05) is 0 Å². The van der Waals surface area contributed by atoms with Crippen LogP contribution in [0.4, 0.5) is 0 Å². The van der Waals surface area contributed by atoms with Crippen molar-refractivity contribution in [3.05, 3.63) is 0 Å². The molecule has 4 heteroatoms. The Kier molecular flexibility index (Phi) is 2.69. The zero-order valence-corrected chi connectivity index (χ0v) is 7.12. The first-order chi connectivity index (χ1) is 5.52. The van der Waals surface area contributed by atoms with Gasteiger partial charge in [-0.2, -0.15) is 0 Å². The quantitative estimate of drug-likeness (QED) is 0.524. The van der Waals surface area contributed by atoms with Gasteiger partial charge in [-0.1, -0.05) is 0 Å². The van der Waals surface area contributed by atoms with Crippen molar-refractivity contribution in [2.45, 2.75) is 43.7 Å². The zero-order chi connectivity index (χ0) is 9.19. The van der Waals surface area contributed by atoms with Crippen LogP contribution < -0.4 is 11.5 Å². The fourth-order valence-electron chi connectivity index (χ4n) is 1.87. The molecule has 1 fully saturated rings. The number of hydrogen-bond donors (Lipinski definition) is 3. The molecule has 1 amide bonds. The third-order valence-corrected chi connectivity index (χ3v) is 2.36. The molecule has 0 heterocycles. The Labute approximate surface area is 71.9 Å². The molecular formula is C8H16N2O2. The van der Waals surface area contributed by atoms with Crippen molar-refractivity contribution in [3.8, 4) is 0 Å². The molecule has 0 aromatic heterocycles. The van der Waals surface area contributed by atoms with E-state index in [9.17, 15) is 9.90 Å². The van der Waals surface area contributed by atoms with Crippen LogP contribution in [0.25, 0.3) is 0 Å². The minimum Gasteiger partial charge on any atom is -0.389 e. The van der Waals surface area contributed by atoms with Crippen molar-refractivity contribution in [1.29, 1.82) is 0 Å². The number of rotatable bonds is 2. The van der Waals surface area contributed by atoms with Gasteiger partial charge in [-0.15, -0.1) is 0 Å². The van der Waals surface area contributed by atoms with Gasteiger partial charge in [-0.25, -0.2) is 0 Å². The summed E-state index contributed by atoms with van der Waals surface area (Å²) in [5, 5.41) is 9.83. The zero-order valence-electron chi connectivity index (χ0n) is 7.12. The molecule has 0 saturated heterocycles. The molecule has 4 nitrogen and oxygen atoms in total. The molecule has 5 N–H and O–H groups in total. The SMILES string of the molecule is NC(=O)CC1(O)CCCC(N)C1. The van der Waals surface area contributed by atoms with Gasteiger partial charge in [0.25, 0.3) is 0 Å². The molecule has 1 rings (SSSR count). The maximum atomic E-state index is 10.6. The molecule has 2 atom stereocenters. The molecule has 1 saturated carbocycles. The summed E-state index contributed by atoms with van der Waals surface area (Å²) in [5.41, 5.74) is 9.76. The van der Waals surface area contributed by atoms with Gasteiger partial charge >= 0.3 is 0 Å². The van der Waals surface area contributed by atoms with E-state index in [1.165, 1.54) is 0 Å². The highest BCUT2D eigenvalue weighted by Crippen LogP contribution is 2.29. The monoisotopic (exact) mass is 172 g/mol. The molecule has 0 radical (unpaired) electrons. The maximum Gasteiger partial charge on any atom is 0.220 e. The van der Waals surface area contributed by atoms with Crippen molar-refractivity contribution >= 4 is 5.91 Å². The Morgan fingerprint density at radius 3 is 2.83 bits per heavy atom. The van der Waals surface area contributed by atoms with Gasteiger partial charge in [0.05, 0.1) is 12.0 Å². The number of carbonyl (C=O) groups is 1. The summed E-state index contributed by atoms with van der Waals surface area (Å²) in [6.45, 7) is 0. The highest BCUT2D eigenvalue weighted by Gasteiger charge is 2.34. The molecule has 1 aliphatic carbocycles. The average molecular weight is 172 g/mol. The summed E-state index contributed by atoms with van der Waals surface area (Å²) in [5.74, 6) is -0.452. The van der Waals surface area contributed by atoms with E-state index in [-0.39, 0.29) is 12.5 Å². The Balaban J connectivity index is 2.51. The van der Waals surface area contributed by atoms with E-state index in [1.54, 1.807) is 0 Å². The van der Waals surface area contributed by atoms with Crippen LogP contribution in [0, 0.1) is 0 Å². The molecule has 12 heavy (non-hydrogen) atoms. The molecule has 0 bridgehead atoms. The van der Waals surface area contributed by atoms with Gasteiger partial charge < -0.3 is 16.6 Å². The number of carbonyl (C=O) groups excluding carboxylic acids is 1. The van der Waals surface area contributed by atoms with Crippen LogP contribution in [-0.2, 0) is 4.79 Å². The number of nitrogens with two attached hydrogens (primary N) is 2. The van der Waals surface area contributed by atoms with Crippen LogP contribution in [0.15, 0.2) is 0 Å².